The summed E-state index contributed by atoms with van der Waals surface area (Å²) in [6.45, 7) is 1.70. The summed E-state index contributed by atoms with van der Waals surface area (Å²) in [5.74, 6) is -0.839. The van der Waals surface area contributed by atoms with Crippen molar-refractivity contribution >= 4 is 15.8 Å². The lowest BCUT2D eigenvalue weighted by atomic mass is 10.3. The first-order valence-electron chi connectivity index (χ1n) is 4.46. The summed E-state index contributed by atoms with van der Waals surface area (Å²) in [5, 5.41) is 0. The van der Waals surface area contributed by atoms with Crippen molar-refractivity contribution in [3.05, 3.63) is 28.2 Å². The molecule has 0 atom stereocenters. The minimum Gasteiger partial charge on any atom is -0.462 e. The number of esters is 1. The molecule has 16 heavy (non-hydrogen) atoms. The van der Waals surface area contributed by atoms with Gasteiger partial charge in [-0.1, -0.05) is 0 Å². The van der Waals surface area contributed by atoms with Crippen molar-refractivity contribution in [1.82, 2.24) is 4.98 Å². The molecule has 0 aliphatic rings. The summed E-state index contributed by atoms with van der Waals surface area (Å²) >= 11 is 0. The molecule has 1 heterocycles. The highest BCUT2D eigenvalue weighted by atomic mass is 32.2. The Balaban J connectivity index is 3.30. The van der Waals surface area contributed by atoms with Crippen LogP contribution in [0, 0.1) is 0 Å². The van der Waals surface area contributed by atoms with E-state index in [1.807, 2.05) is 0 Å². The highest BCUT2D eigenvalue weighted by molar-refractivity contribution is 7.90. The van der Waals surface area contributed by atoms with Crippen molar-refractivity contribution in [3.8, 4) is 0 Å². The molecule has 0 unspecified atom stereocenters. The zero-order valence-electron chi connectivity index (χ0n) is 8.81. The molecule has 6 nitrogen and oxygen atoms in total. The Labute approximate surface area is 92.2 Å². The molecule has 0 bridgehead atoms. The van der Waals surface area contributed by atoms with Crippen LogP contribution in [0.3, 0.4) is 0 Å². The number of rotatable bonds is 3. The van der Waals surface area contributed by atoms with E-state index in [1.54, 1.807) is 6.92 Å². The fourth-order valence-corrected chi connectivity index (χ4v) is 1.64. The third-order valence-electron chi connectivity index (χ3n) is 1.80. The van der Waals surface area contributed by atoms with E-state index in [-0.39, 0.29) is 17.1 Å². The van der Waals surface area contributed by atoms with E-state index in [9.17, 15) is 18.0 Å². The number of nitrogens with one attached hydrogen (secondary N) is 1. The minimum atomic E-state index is -3.47. The Morgan fingerprint density at radius 1 is 1.50 bits per heavy atom. The van der Waals surface area contributed by atoms with Crippen molar-refractivity contribution in [2.45, 2.75) is 11.8 Å². The normalized spacial score (nSPS) is 11.1. The number of hydrogen-bond donors (Lipinski definition) is 1. The zero-order chi connectivity index (χ0) is 12.3. The van der Waals surface area contributed by atoms with Crippen LogP contribution in [0.5, 0.6) is 0 Å². The van der Waals surface area contributed by atoms with E-state index in [0.717, 1.165) is 18.5 Å². The Hall–Kier alpha value is -1.63. The maximum Gasteiger partial charge on any atom is 0.343 e. The summed E-state index contributed by atoms with van der Waals surface area (Å²) in [4.78, 5) is 24.6. The van der Waals surface area contributed by atoms with Gasteiger partial charge in [0.1, 0.15) is 5.56 Å². The number of pyridine rings is 1. The fraction of sp³-hybridized carbons (Fsp3) is 0.333. The van der Waals surface area contributed by atoms with Gasteiger partial charge in [-0.2, -0.15) is 0 Å². The quantitative estimate of drug-likeness (QED) is 0.754. The van der Waals surface area contributed by atoms with Gasteiger partial charge in [0.05, 0.1) is 11.5 Å². The first kappa shape index (κ1) is 12.4. The molecule has 0 aromatic carbocycles. The van der Waals surface area contributed by atoms with Crippen LogP contribution in [0.1, 0.15) is 17.3 Å². The number of hydrogen-bond acceptors (Lipinski definition) is 5. The number of sulfone groups is 1. The van der Waals surface area contributed by atoms with Crippen molar-refractivity contribution in [2.24, 2.45) is 0 Å². The van der Waals surface area contributed by atoms with Crippen molar-refractivity contribution in [3.63, 3.8) is 0 Å². The highest BCUT2D eigenvalue weighted by Crippen LogP contribution is 2.07. The molecule has 1 N–H and O–H groups in total. The summed E-state index contributed by atoms with van der Waals surface area (Å²) in [6.07, 6.45) is 2.02. The van der Waals surface area contributed by atoms with E-state index in [2.05, 4.69) is 9.72 Å². The second-order valence-corrected chi connectivity index (χ2v) is 5.09. The molecule has 1 rings (SSSR count). The predicted molar refractivity (Wildman–Crippen MR) is 56.1 cm³/mol. The fourth-order valence-electron chi connectivity index (χ4n) is 1.04. The van der Waals surface area contributed by atoms with Crippen LogP contribution < -0.4 is 5.56 Å². The largest absolute Gasteiger partial charge is 0.462 e. The number of aromatic nitrogens is 1. The average molecular weight is 245 g/mol. The van der Waals surface area contributed by atoms with Gasteiger partial charge in [-0.15, -0.1) is 0 Å². The molecular weight excluding hydrogens is 234 g/mol. The molecule has 1 aromatic heterocycles. The van der Waals surface area contributed by atoms with Gasteiger partial charge in [-0.3, -0.25) is 4.79 Å². The summed E-state index contributed by atoms with van der Waals surface area (Å²) in [7, 11) is -3.47. The van der Waals surface area contributed by atoms with Crippen molar-refractivity contribution < 1.29 is 17.9 Å². The van der Waals surface area contributed by atoms with Crippen LogP contribution in [0.25, 0.3) is 0 Å². The molecule has 7 heteroatoms. The third-order valence-corrected chi connectivity index (χ3v) is 2.89. The summed E-state index contributed by atoms with van der Waals surface area (Å²) < 4.78 is 27.0. The third kappa shape index (κ3) is 2.69. The minimum absolute atomic E-state index is 0.112. The van der Waals surface area contributed by atoms with Crippen LogP contribution in [-0.4, -0.2) is 32.2 Å². The molecule has 0 amide bonds. The average Bonchev–Trinajstić information content (AvgIpc) is 2.16. The van der Waals surface area contributed by atoms with Crippen LogP contribution >= 0.6 is 0 Å². The van der Waals surface area contributed by atoms with E-state index in [0.29, 0.717) is 0 Å². The zero-order valence-corrected chi connectivity index (χ0v) is 9.63. The van der Waals surface area contributed by atoms with Gasteiger partial charge in [0.25, 0.3) is 5.56 Å². The Kier molecular flexibility index (Phi) is 3.48. The molecule has 1 aromatic rings. The molecule has 0 fully saturated rings. The van der Waals surface area contributed by atoms with Gasteiger partial charge in [-0.05, 0) is 13.0 Å². The highest BCUT2D eigenvalue weighted by Gasteiger charge is 2.16. The van der Waals surface area contributed by atoms with Crippen molar-refractivity contribution in [1.29, 1.82) is 0 Å². The molecular formula is C9H11NO5S. The Bertz CT molecular complexity index is 558. The number of aromatic amines is 1. The van der Waals surface area contributed by atoms with Gasteiger partial charge in [0, 0.05) is 12.5 Å². The summed E-state index contributed by atoms with van der Waals surface area (Å²) in [6, 6.07) is 1.01. The molecule has 88 valence electrons. The maximum atomic E-state index is 11.3. The Morgan fingerprint density at radius 3 is 2.62 bits per heavy atom. The smallest absolute Gasteiger partial charge is 0.343 e. The SMILES string of the molecule is CCOC(=O)c1cc(S(C)(=O)=O)c[nH]c1=O. The topological polar surface area (TPSA) is 93.3 Å². The van der Waals surface area contributed by atoms with E-state index in [1.165, 1.54) is 0 Å². The van der Waals surface area contributed by atoms with Crippen LogP contribution in [-0.2, 0) is 14.6 Å². The van der Waals surface area contributed by atoms with Crippen LogP contribution in [0.4, 0.5) is 0 Å². The summed E-state index contributed by atoms with van der Waals surface area (Å²) in [5.41, 5.74) is -0.990. The second kappa shape index (κ2) is 4.48. The maximum absolute atomic E-state index is 11.3. The first-order chi connectivity index (χ1) is 7.36. The van der Waals surface area contributed by atoms with Gasteiger partial charge >= 0.3 is 5.97 Å². The monoisotopic (exact) mass is 245 g/mol. The lowest BCUT2D eigenvalue weighted by Crippen LogP contribution is -2.20. The Morgan fingerprint density at radius 2 is 2.12 bits per heavy atom. The van der Waals surface area contributed by atoms with E-state index in [4.69, 9.17) is 0 Å². The molecule has 0 radical (unpaired) electrons. The number of carbonyl (C=O) groups is 1. The predicted octanol–water partition coefficient (Wildman–Crippen LogP) is -0.0449. The molecule has 0 aliphatic carbocycles. The molecule has 0 aliphatic heterocycles. The van der Waals surface area contributed by atoms with Crippen LogP contribution in [0.2, 0.25) is 0 Å². The standard InChI is InChI=1S/C9H11NO5S/c1-3-15-9(12)7-4-6(16(2,13)14)5-10-8(7)11/h4-5H,3H2,1-2H3,(H,10,11). The van der Waals surface area contributed by atoms with Gasteiger partial charge in [0.2, 0.25) is 0 Å². The lowest BCUT2D eigenvalue weighted by Gasteiger charge is -2.02. The second-order valence-electron chi connectivity index (χ2n) is 3.07. The molecule has 0 saturated carbocycles. The van der Waals surface area contributed by atoms with Crippen LogP contribution in [0.15, 0.2) is 22.0 Å². The number of carbonyl (C=O) groups excluding carboxylic acids is 1. The van der Waals surface area contributed by atoms with Gasteiger partial charge < -0.3 is 9.72 Å². The number of H-pyrrole nitrogens is 1. The van der Waals surface area contributed by atoms with E-state index < -0.39 is 21.4 Å². The lowest BCUT2D eigenvalue weighted by molar-refractivity contribution is 0.0524. The van der Waals surface area contributed by atoms with E-state index >= 15 is 0 Å². The van der Waals surface area contributed by atoms with Gasteiger partial charge in [-0.25, -0.2) is 13.2 Å². The molecule has 0 saturated heterocycles. The number of ether oxygens (including phenoxy) is 1. The van der Waals surface area contributed by atoms with Gasteiger partial charge in [0.15, 0.2) is 9.84 Å². The molecule has 0 spiro atoms. The van der Waals surface area contributed by atoms with Crippen molar-refractivity contribution in [2.75, 3.05) is 12.9 Å². The first-order valence-corrected chi connectivity index (χ1v) is 6.35.